The van der Waals surface area contributed by atoms with Gasteiger partial charge < -0.3 is 4.74 Å². The first kappa shape index (κ1) is 14.1. The number of hydrogen-bond acceptors (Lipinski definition) is 4. The second-order valence-corrected chi connectivity index (χ2v) is 6.64. The molecular weight excluding hydrogens is 309 g/mol. The molecule has 1 aromatic heterocycles. The van der Waals surface area contributed by atoms with Gasteiger partial charge in [0, 0.05) is 24.6 Å². The maximum atomic E-state index is 11.4. The van der Waals surface area contributed by atoms with E-state index < -0.39 is 9.84 Å². The van der Waals surface area contributed by atoms with Crippen LogP contribution in [-0.2, 0) is 9.84 Å². The number of nitrogens with zero attached hydrogens (tertiary/aromatic N) is 1. The summed E-state index contributed by atoms with van der Waals surface area (Å²) in [6.07, 6.45) is 3.78. The molecule has 0 aliphatic rings. The number of benzene rings is 1. The number of aromatic nitrogens is 1. The molecule has 4 nitrogen and oxygen atoms in total. The summed E-state index contributed by atoms with van der Waals surface area (Å²) in [5.41, 5.74) is 0. The quantitative estimate of drug-likeness (QED) is 0.868. The van der Waals surface area contributed by atoms with Gasteiger partial charge in [-0.2, -0.15) is 0 Å². The van der Waals surface area contributed by atoms with Gasteiger partial charge in [0.15, 0.2) is 9.84 Å². The van der Waals surface area contributed by atoms with Gasteiger partial charge in [0.25, 0.3) is 0 Å². The number of rotatable bonds is 3. The van der Waals surface area contributed by atoms with Gasteiger partial charge in [0.1, 0.15) is 11.5 Å². The molecule has 2 aromatic rings. The van der Waals surface area contributed by atoms with Crippen LogP contribution in [0.4, 0.5) is 0 Å². The second-order valence-electron chi connectivity index (χ2n) is 3.81. The molecule has 2 rings (SSSR count). The standard InChI is InChI=1S/C12H9Cl2NO3S/c1-19(16,17)10-4-9(6-15-7-10)18-8-2-3-11(13)12(14)5-8/h2-7H,1H3. The van der Waals surface area contributed by atoms with Gasteiger partial charge in [-0.1, -0.05) is 23.2 Å². The third-order valence-electron chi connectivity index (χ3n) is 2.24. The van der Waals surface area contributed by atoms with Crippen molar-refractivity contribution in [1.29, 1.82) is 0 Å². The molecule has 100 valence electrons. The molecule has 0 aliphatic carbocycles. The molecule has 0 radical (unpaired) electrons. The number of pyridine rings is 1. The summed E-state index contributed by atoms with van der Waals surface area (Å²) in [4.78, 5) is 3.91. The van der Waals surface area contributed by atoms with Crippen LogP contribution in [-0.4, -0.2) is 19.7 Å². The van der Waals surface area contributed by atoms with Crippen LogP contribution >= 0.6 is 23.2 Å². The van der Waals surface area contributed by atoms with Gasteiger partial charge in [-0.25, -0.2) is 8.42 Å². The average Bonchev–Trinajstić information content (AvgIpc) is 2.33. The van der Waals surface area contributed by atoms with E-state index in [0.717, 1.165) is 6.26 Å². The van der Waals surface area contributed by atoms with E-state index in [0.29, 0.717) is 21.5 Å². The highest BCUT2D eigenvalue weighted by atomic mass is 35.5. The first-order valence-electron chi connectivity index (χ1n) is 5.14. The Kier molecular flexibility index (Phi) is 3.99. The van der Waals surface area contributed by atoms with E-state index in [-0.39, 0.29) is 4.90 Å². The maximum absolute atomic E-state index is 11.4. The Hall–Kier alpha value is -1.30. The van der Waals surface area contributed by atoms with Crippen LogP contribution in [0.15, 0.2) is 41.6 Å². The summed E-state index contributed by atoms with van der Waals surface area (Å²) in [7, 11) is -3.32. The predicted octanol–water partition coefficient (Wildman–Crippen LogP) is 3.58. The van der Waals surface area contributed by atoms with Gasteiger partial charge in [0.05, 0.1) is 21.1 Å². The summed E-state index contributed by atoms with van der Waals surface area (Å²) in [6.45, 7) is 0. The average molecular weight is 318 g/mol. The molecule has 19 heavy (non-hydrogen) atoms. The fraction of sp³-hybridized carbons (Fsp3) is 0.0833. The molecule has 0 spiro atoms. The van der Waals surface area contributed by atoms with Crippen LogP contribution in [0.1, 0.15) is 0 Å². The highest BCUT2D eigenvalue weighted by Gasteiger charge is 2.09. The molecule has 0 fully saturated rings. The van der Waals surface area contributed by atoms with E-state index in [2.05, 4.69) is 4.98 Å². The molecule has 7 heteroatoms. The van der Waals surface area contributed by atoms with E-state index in [1.165, 1.54) is 24.5 Å². The summed E-state index contributed by atoms with van der Waals surface area (Å²) in [5, 5.41) is 0.767. The Labute approximate surface area is 120 Å². The molecule has 0 aliphatic heterocycles. The lowest BCUT2D eigenvalue weighted by Gasteiger charge is -2.07. The summed E-state index contributed by atoms with van der Waals surface area (Å²) < 4.78 is 28.3. The van der Waals surface area contributed by atoms with Crippen LogP contribution in [0.3, 0.4) is 0 Å². The minimum atomic E-state index is -3.32. The fourth-order valence-electron chi connectivity index (χ4n) is 1.33. The topological polar surface area (TPSA) is 56.3 Å². The van der Waals surface area contributed by atoms with Crippen molar-refractivity contribution < 1.29 is 13.2 Å². The zero-order chi connectivity index (χ0) is 14.0. The Morgan fingerprint density at radius 2 is 1.79 bits per heavy atom. The molecule has 0 bridgehead atoms. The van der Waals surface area contributed by atoms with Crippen LogP contribution in [0, 0.1) is 0 Å². The third-order valence-corrected chi connectivity index (χ3v) is 4.06. The summed E-state index contributed by atoms with van der Waals surface area (Å²) in [6, 6.07) is 6.15. The van der Waals surface area contributed by atoms with Gasteiger partial charge in [-0.05, 0) is 12.1 Å². The number of ether oxygens (including phenoxy) is 1. The maximum Gasteiger partial charge on any atom is 0.177 e. The Morgan fingerprint density at radius 1 is 1.05 bits per heavy atom. The minimum absolute atomic E-state index is 0.0880. The summed E-state index contributed by atoms with van der Waals surface area (Å²) in [5.74, 6) is 0.753. The highest BCUT2D eigenvalue weighted by Crippen LogP contribution is 2.29. The van der Waals surface area contributed by atoms with Crippen LogP contribution in [0.2, 0.25) is 10.0 Å². The Morgan fingerprint density at radius 3 is 2.42 bits per heavy atom. The van der Waals surface area contributed by atoms with Crippen molar-refractivity contribution in [1.82, 2.24) is 4.98 Å². The lowest BCUT2D eigenvalue weighted by atomic mass is 10.3. The lowest BCUT2D eigenvalue weighted by molar-refractivity contribution is 0.478. The predicted molar refractivity (Wildman–Crippen MR) is 73.9 cm³/mol. The number of hydrogen-bond donors (Lipinski definition) is 0. The fourth-order valence-corrected chi connectivity index (χ4v) is 2.20. The lowest BCUT2D eigenvalue weighted by Crippen LogP contribution is -1.98. The highest BCUT2D eigenvalue weighted by molar-refractivity contribution is 7.90. The van der Waals surface area contributed by atoms with Crippen LogP contribution < -0.4 is 4.74 Å². The number of sulfone groups is 1. The van der Waals surface area contributed by atoms with Crippen molar-refractivity contribution in [2.75, 3.05) is 6.26 Å². The van der Waals surface area contributed by atoms with E-state index in [1.54, 1.807) is 12.1 Å². The normalized spacial score (nSPS) is 11.3. The van der Waals surface area contributed by atoms with Gasteiger partial charge in [-0.15, -0.1) is 0 Å². The first-order chi connectivity index (χ1) is 8.86. The van der Waals surface area contributed by atoms with Crippen molar-refractivity contribution in [2.24, 2.45) is 0 Å². The van der Waals surface area contributed by atoms with E-state index in [1.807, 2.05) is 0 Å². The Bertz CT molecular complexity index is 717. The monoisotopic (exact) mass is 317 g/mol. The molecule has 0 N–H and O–H groups in total. The van der Waals surface area contributed by atoms with Crippen molar-refractivity contribution in [3.63, 3.8) is 0 Å². The van der Waals surface area contributed by atoms with Crippen molar-refractivity contribution in [3.05, 3.63) is 46.7 Å². The van der Waals surface area contributed by atoms with E-state index in [4.69, 9.17) is 27.9 Å². The molecule has 0 unspecified atom stereocenters. The molecule has 1 heterocycles. The molecule has 0 saturated heterocycles. The first-order valence-corrected chi connectivity index (χ1v) is 7.79. The Balaban J connectivity index is 2.31. The van der Waals surface area contributed by atoms with E-state index in [9.17, 15) is 8.42 Å². The second kappa shape index (κ2) is 5.36. The molecule has 0 saturated carbocycles. The summed E-state index contributed by atoms with van der Waals surface area (Å²) >= 11 is 11.7. The minimum Gasteiger partial charge on any atom is -0.456 e. The molecule has 0 atom stereocenters. The molecule has 1 aromatic carbocycles. The van der Waals surface area contributed by atoms with Gasteiger partial charge in [0.2, 0.25) is 0 Å². The van der Waals surface area contributed by atoms with Crippen molar-refractivity contribution in [2.45, 2.75) is 4.90 Å². The van der Waals surface area contributed by atoms with E-state index >= 15 is 0 Å². The molecule has 0 amide bonds. The van der Waals surface area contributed by atoms with Gasteiger partial charge in [-0.3, -0.25) is 4.98 Å². The zero-order valence-corrected chi connectivity index (χ0v) is 12.1. The van der Waals surface area contributed by atoms with Crippen molar-refractivity contribution >= 4 is 33.0 Å². The largest absolute Gasteiger partial charge is 0.456 e. The zero-order valence-electron chi connectivity index (χ0n) is 9.80. The smallest absolute Gasteiger partial charge is 0.177 e. The van der Waals surface area contributed by atoms with Gasteiger partial charge >= 0.3 is 0 Å². The number of halogens is 2. The third kappa shape index (κ3) is 3.59. The SMILES string of the molecule is CS(=O)(=O)c1cncc(Oc2ccc(Cl)c(Cl)c2)c1. The van der Waals surface area contributed by atoms with Crippen LogP contribution in [0.5, 0.6) is 11.5 Å². The van der Waals surface area contributed by atoms with Crippen LogP contribution in [0.25, 0.3) is 0 Å². The molecular formula is C12H9Cl2NO3S. The van der Waals surface area contributed by atoms with Crippen molar-refractivity contribution in [3.8, 4) is 11.5 Å².